The molecule has 180 valence electrons. The SMILES string of the molecule is CCCCCCCc1ccc(C2CCC(C3CCC(C=O)(CCC=CC#N)CC3)CC2)cc1. The maximum absolute atomic E-state index is 11.9. The zero-order chi connectivity index (χ0) is 23.4. The molecule has 2 fully saturated rings. The molecular weight excluding hydrogens is 402 g/mol. The Morgan fingerprint density at radius 3 is 2.24 bits per heavy atom. The highest BCUT2D eigenvalue weighted by Gasteiger charge is 2.38. The van der Waals surface area contributed by atoms with Crippen molar-refractivity contribution in [2.24, 2.45) is 17.3 Å². The van der Waals surface area contributed by atoms with Gasteiger partial charge in [-0.15, -0.1) is 0 Å². The third-order valence-electron chi connectivity index (χ3n) is 8.74. The van der Waals surface area contributed by atoms with E-state index >= 15 is 0 Å². The highest BCUT2D eigenvalue weighted by atomic mass is 16.1. The summed E-state index contributed by atoms with van der Waals surface area (Å²) in [5.41, 5.74) is 2.93. The van der Waals surface area contributed by atoms with Crippen LogP contribution >= 0.6 is 0 Å². The summed E-state index contributed by atoms with van der Waals surface area (Å²) < 4.78 is 0. The van der Waals surface area contributed by atoms with E-state index in [-0.39, 0.29) is 5.41 Å². The molecule has 0 atom stereocenters. The number of allylic oxidation sites excluding steroid dienone is 2. The topological polar surface area (TPSA) is 40.9 Å². The molecule has 0 radical (unpaired) electrons. The molecular formula is C31H45NO. The van der Waals surface area contributed by atoms with E-state index in [9.17, 15) is 4.79 Å². The predicted molar refractivity (Wildman–Crippen MR) is 138 cm³/mol. The highest BCUT2D eigenvalue weighted by Crippen LogP contribution is 2.48. The molecule has 2 heteroatoms. The van der Waals surface area contributed by atoms with E-state index in [4.69, 9.17) is 5.26 Å². The lowest BCUT2D eigenvalue weighted by Crippen LogP contribution is -2.32. The van der Waals surface area contributed by atoms with Gasteiger partial charge in [0.15, 0.2) is 0 Å². The number of aryl methyl sites for hydroxylation is 1. The first-order valence-electron chi connectivity index (χ1n) is 13.8. The van der Waals surface area contributed by atoms with Crippen molar-refractivity contribution in [1.82, 2.24) is 0 Å². The molecule has 1 aromatic rings. The smallest absolute Gasteiger partial charge is 0.126 e. The number of nitrogens with zero attached hydrogens (tertiary/aromatic N) is 1. The molecule has 0 amide bonds. The van der Waals surface area contributed by atoms with Crippen molar-refractivity contribution in [3.63, 3.8) is 0 Å². The van der Waals surface area contributed by atoms with E-state index in [0.29, 0.717) is 0 Å². The van der Waals surface area contributed by atoms with E-state index in [0.717, 1.165) is 43.4 Å². The second-order valence-electron chi connectivity index (χ2n) is 10.9. The Bertz CT molecular complexity index is 755. The minimum absolute atomic E-state index is 0.134. The van der Waals surface area contributed by atoms with Crippen LogP contribution in [0.15, 0.2) is 36.4 Å². The molecule has 2 nitrogen and oxygen atoms in total. The van der Waals surface area contributed by atoms with E-state index in [1.165, 1.54) is 88.9 Å². The lowest BCUT2D eigenvalue weighted by molar-refractivity contribution is -0.119. The lowest BCUT2D eigenvalue weighted by atomic mass is 9.63. The Labute approximate surface area is 202 Å². The normalized spacial score (nSPS) is 27.9. The average Bonchev–Trinajstić information content (AvgIpc) is 2.87. The van der Waals surface area contributed by atoms with Crippen LogP contribution in [0.25, 0.3) is 0 Å². The van der Waals surface area contributed by atoms with Crippen LogP contribution in [0.2, 0.25) is 0 Å². The Morgan fingerprint density at radius 2 is 1.61 bits per heavy atom. The Balaban J connectivity index is 1.40. The van der Waals surface area contributed by atoms with Crippen LogP contribution in [0.5, 0.6) is 0 Å². The molecule has 0 unspecified atom stereocenters. The highest BCUT2D eigenvalue weighted by molar-refractivity contribution is 5.59. The van der Waals surface area contributed by atoms with Crippen LogP contribution in [-0.4, -0.2) is 6.29 Å². The van der Waals surface area contributed by atoms with Crippen molar-refractivity contribution in [2.45, 2.75) is 116 Å². The quantitative estimate of drug-likeness (QED) is 0.183. The minimum atomic E-state index is -0.134. The zero-order valence-corrected chi connectivity index (χ0v) is 20.9. The first-order chi connectivity index (χ1) is 16.2. The number of hydrogen-bond donors (Lipinski definition) is 0. The summed E-state index contributed by atoms with van der Waals surface area (Å²) in [6.07, 6.45) is 24.3. The molecule has 33 heavy (non-hydrogen) atoms. The van der Waals surface area contributed by atoms with Gasteiger partial charge in [0.25, 0.3) is 0 Å². The maximum atomic E-state index is 11.9. The molecule has 2 saturated carbocycles. The van der Waals surface area contributed by atoms with Gasteiger partial charge in [0.05, 0.1) is 6.07 Å². The molecule has 2 aliphatic rings. The first kappa shape index (κ1) is 25.7. The Kier molecular flexibility index (Phi) is 10.7. The molecule has 0 bridgehead atoms. The fourth-order valence-corrected chi connectivity index (χ4v) is 6.43. The monoisotopic (exact) mass is 447 g/mol. The fourth-order valence-electron chi connectivity index (χ4n) is 6.43. The standard InChI is InChI=1S/C31H45NO/c1-2-3-4-5-7-10-26-11-13-27(14-12-26)28-15-17-29(18-16-28)30-19-22-31(25-33,23-20-30)21-8-6-9-24-32/h6,9,11-14,25,28-30H,2-5,7-8,10,15-23H2,1H3. The second-order valence-corrected chi connectivity index (χ2v) is 10.9. The van der Waals surface area contributed by atoms with Crippen molar-refractivity contribution in [3.8, 4) is 6.07 Å². The van der Waals surface area contributed by atoms with E-state index in [1.807, 2.05) is 12.1 Å². The van der Waals surface area contributed by atoms with Crippen molar-refractivity contribution in [1.29, 1.82) is 5.26 Å². The first-order valence-corrected chi connectivity index (χ1v) is 13.8. The third-order valence-corrected chi connectivity index (χ3v) is 8.74. The van der Waals surface area contributed by atoms with E-state index < -0.39 is 0 Å². The number of benzene rings is 1. The van der Waals surface area contributed by atoms with E-state index in [2.05, 4.69) is 31.2 Å². The van der Waals surface area contributed by atoms with Crippen molar-refractivity contribution in [3.05, 3.63) is 47.5 Å². The number of nitriles is 1. The Morgan fingerprint density at radius 1 is 0.939 bits per heavy atom. The lowest BCUT2D eigenvalue weighted by Gasteiger charge is -2.41. The molecule has 1 aromatic carbocycles. The number of aldehydes is 1. The summed E-state index contributed by atoms with van der Waals surface area (Å²) >= 11 is 0. The molecule has 0 aromatic heterocycles. The van der Waals surface area contributed by atoms with Crippen LogP contribution in [0, 0.1) is 28.6 Å². The zero-order valence-electron chi connectivity index (χ0n) is 20.9. The van der Waals surface area contributed by atoms with Crippen molar-refractivity contribution < 1.29 is 4.79 Å². The van der Waals surface area contributed by atoms with Gasteiger partial charge < -0.3 is 4.79 Å². The third kappa shape index (κ3) is 7.84. The predicted octanol–water partition coefficient (Wildman–Crippen LogP) is 8.71. The molecule has 0 heterocycles. The number of rotatable bonds is 12. The molecule has 3 rings (SSSR count). The van der Waals surface area contributed by atoms with Gasteiger partial charge in [-0.05, 0) is 106 Å². The molecule has 0 spiro atoms. The second kappa shape index (κ2) is 13.7. The summed E-state index contributed by atoms with van der Waals surface area (Å²) in [6.45, 7) is 2.28. The maximum Gasteiger partial charge on any atom is 0.126 e. The summed E-state index contributed by atoms with van der Waals surface area (Å²) in [6, 6.07) is 11.6. The number of hydrogen-bond acceptors (Lipinski definition) is 2. The van der Waals surface area contributed by atoms with Gasteiger partial charge >= 0.3 is 0 Å². The van der Waals surface area contributed by atoms with Crippen LogP contribution in [0.3, 0.4) is 0 Å². The molecule has 0 aliphatic heterocycles. The van der Waals surface area contributed by atoms with Gasteiger partial charge in [-0.1, -0.05) is 62.9 Å². The summed E-state index contributed by atoms with van der Waals surface area (Å²) in [7, 11) is 0. The van der Waals surface area contributed by atoms with Crippen molar-refractivity contribution >= 4 is 6.29 Å². The summed E-state index contributed by atoms with van der Waals surface area (Å²) in [4.78, 5) is 11.9. The van der Waals surface area contributed by atoms with Gasteiger partial charge in [0, 0.05) is 11.5 Å². The number of carbonyl (C=O) groups excluding carboxylic acids is 1. The van der Waals surface area contributed by atoms with Crippen LogP contribution < -0.4 is 0 Å². The van der Waals surface area contributed by atoms with Gasteiger partial charge in [0.2, 0.25) is 0 Å². The molecule has 0 saturated heterocycles. The fraction of sp³-hybridized carbons (Fsp3) is 0.677. The number of carbonyl (C=O) groups is 1. The minimum Gasteiger partial charge on any atom is -0.303 e. The largest absolute Gasteiger partial charge is 0.303 e. The van der Waals surface area contributed by atoms with Gasteiger partial charge in [-0.2, -0.15) is 5.26 Å². The van der Waals surface area contributed by atoms with Crippen molar-refractivity contribution in [2.75, 3.05) is 0 Å². The summed E-state index contributed by atoms with van der Waals surface area (Å²) in [5, 5.41) is 8.66. The van der Waals surface area contributed by atoms with Gasteiger partial charge in [-0.3, -0.25) is 0 Å². The average molecular weight is 448 g/mol. The summed E-state index contributed by atoms with van der Waals surface area (Å²) in [5.74, 6) is 2.40. The van der Waals surface area contributed by atoms with Gasteiger partial charge in [-0.25, -0.2) is 0 Å². The van der Waals surface area contributed by atoms with E-state index in [1.54, 1.807) is 11.6 Å². The molecule has 0 N–H and O–H groups in total. The molecule has 2 aliphatic carbocycles. The van der Waals surface area contributed by atoms with Crippen LogP contribution in [0.1, 0.15) is 120 Å². The van der Waals surface area contributed by atoms with Crippen LogP contribution in [0.4, 0.5) is 0 Å². The van der Waals surface area contributed by atoms with Crippen LogP contribution in [-0.2, 0) is 11.2 Å². The van der Waals surface area contributed by atoms with Gasteiger partial charge in [0.1, 0.15) is 6.29 Å². The Hall–Kier alpha value is -1.88. The number of unbranched alkanes of at least 4 members (excludes halogenated alkanes) is 4.